The van der Waals surface area contributed by atoms with Gasteiger partial charge in [-0.05, 0) is 18.2 Å². The standard InChI is InChI=1S/C8H4ClNO3/c9-6-3-5(8(12)13)1-2-7(6)10-4-11/h1-3H,(H,12,13). The lowest BCUT2D eigenvalue weighted by Crippen LogP contribution is -1.94. The number of hydrogen-bond acceptors (Lipinski definition) is 3. The molecule has 66 valence electrons. The number of carboxylic acids is 1. The Morgan fingerprint density at radius 1 is 1.54 bits per heavy atom. The minimum absolute atomic E-state index is 0.0508. The van der Waals surface area contributed by atoms with E-state index < -0.39 is 5.97 Å². The maximum Gasteiger partial charge on any atom is 0.335 e. The zero-order valence-corrected chi connectivity index (χ0v) is 7.08. The van der Waals surface area contributed by atoms with Crippen LogP contribution in [-0.4, -0.2) is 17.2 Å². The van der Waals surface area contributed by atoms with Crippen molar-refractivity contribution in [3.8, 4) is 0 Å². The van der Waals surface area contributed by atoms with Crippen LogP contribution >= 0.6 is 11.6 Å². The molecule has 0 fully saturated rings. The number of aromatic carboxylic acids is 1. The number of halogens is 1. The second-order valence-electron chi connectivity index (χ2n) is 2.17. The number of hydrogen-bond donors (Lipinski definition) is 1. The molecule has 13 heavy (non-hydrogen) atoms. The van der Waals surface area contributed by atoms with Gasteiger partial charge in [0.2, 0.25) is 6.08 Å². The minimum atomic E-state index is -1.08. The molecule has 0 saturated carbocycles. The van der Waals surface area contributed by atoms with Gasteiger partial charge in [0, 0.05) is 0 Å². The third kappa shape index (κ3) is 2.15. The summed E-state index contributed by atoms with van der Waals surface area (Å²) >= 11 is 5.62. The summed E-state index contributed by atoms with van der Waals surface area (Å²) in [7, 11) is 0. The first-order chi connectivity index (χ1) is 6.15. The van der Waals surface area contributed by atoms with Crippen LogP contribution in [0.15, 0.2) is 23.2 Å². The lowest BCUT2D eigenvalue weighted by atomic mass is 10.2. The fourth-order valence-electron chi connectivity index (χ4n) is 0.780. The molecule has 0 heterocycles. The van der Waals surface area contributed by atoms with Crippen molar-refractivity contribution in [2.24, 2.45) is 4.99 Å². The minimum Gasteiger partial charge on any atom is -0.478 e. The van der Waals surface area contributed by atoms with Gasteiger partial charge >= 0.3 is 5.97 Å². The normalized spacial score (nSPS) is 9.00. The first kappa shape index (κ1) is 9.45. The van der Waals surface area contributed by atoms with Crippen LogP contribution in [0.4, 0.5) is 5.69 Å². The Kier molecular flexibility index (Phi) is 2.80. The van der Waals surface area contributed by atoms with Crippen molar-refractivity contribution in [1.29, 1.82) is 0 Å². The molecule has 0 saturated heterocycles. The Morgan fingerprint density at radius 2 is 2.23 bits per heavy atom. The van der Waals surface area contributed by atoms with Gasteiger partial charge in [0.1, 0.15) is 0 Å². The van der Waals surface area contributed by atoms with Crippen LogP contribution in [0.25, 0.3) is 0 Å². The van der Waals surface area contributed by atoms with Crippen LogP contribution in [-0.2, 0) is 4.79 Å². The second-order valence-corrected chi connectivity index (χ2v) is 2.58. The van der Waals surface area contributed by atoms with Crippen molar-refractivity contribution in [1.82, 2.24) is 0 Å². The van der Waals surface area contributed by atoms with Crippen molar-refractivity contribution in [3.05, 3.63) is 28.8 Å². The zero-order chi connectivity index (χ0) is 9.84. The van der Waals surface area contributed by atoms with E-state index in [0.717, 1.165) is 0 Å². The van der Waals surface area contributed by atoms with E-state index in [-0.39, 0.29) is 16.3 Å². The molecule has 1 aromatic rings. The lowest BCUT2D eigenvalue weighted by Gasteiger charge is -1.97. The fraction of sp³-hybridized carbons (Fsp3) is 0. The van der Waals surface area contributed by atoms with Gasteiger partial charge in [0.05, 0.1) is 16.3 Å². The Bertz CT molecular complexity index is 396. The molecule has 5 heteroatoms. The van der Waals surface area contributed by atoms with Crippen LogP contribution in [0.1, 0.15) is 10.4 Å². The average molecular weight is 198 g/mol. The molecule has 0 aliphatic rings. The third-order valence-corrected chi connectivity index (χ3v) is 1.66. The highest BCUT2D eigenvalue weighted by atomic mass is 35.5. The molecule has 1 N–H and O–H groups in total. The molecule has 0 atom stereocenters. The van der Waals surface area contributed by atoms with Crippen LogP contribution in [0.3, 0.4) is 0 Å². The summed E-state index contributed by atoms with van der Waals surface area (Å²) in [5.74, 6) is -1.08. The summed E-state index contributed by atoms with van der Waals surface area (Å²) in [5.41, 5.74) is 0.261. The van der Waals surface area contributed by atoms with Crippen molar-refractivity contribution in [3.63, 3.8) is 0 Å². The number of aliphatic imine (C=N–C) groups is 1. The van der Waals surface area contributed by atoms with Crippen molar-refractivity contribution >= 4 is 29.3 Å². The maximum absolute atomic E-state index is 10.5. The predicted octanol–water partition coefficient (Wildman–Crippen LogP) is 2.01. The molecule has 0 radical (unpaired) electrons. The molecular weight excluding hydrogens is 194 g/mol. The molecule has 1 aromatic carbocycles. The summed E-state index contributed by atoms with van der Waals surface area (Å²) in [4.78, 5) is 23.6. The molecule has 0 aromatic heterocycles. The van der Waals surface area contributed by atoms with Crippen LogP contribution in [0, 0.1) is 0 Å². The summed E-state index contributed by atoms with van der Waals surface area (Å²) in [5, 5.41) is 8.68. The van der Waals surface area contributed by atoms with Crippen molar-refractivity contribution in [2.75, 3.05) is 0 Å². The van der Waals surface area contributed by atoms with E-state index in [1.165, 1.54) is 24.3 Å². The largest absolute Gasteiger partial charge is 0.478 e. The first-order valence-electron chi connectivity index (χ1n) is 3.26. The van der Waals surface area contributed by atoms with Gasteiger partial charge in [-0.2, -0.15) is 4.99 Å². The molecule has 0 unspecified atom stereocenters. The number of benzene rings is 1. The van der Waals surface area contributed by atoms with E-state index in [1.54, 1.807) is 0 Å². The van der Waals surface area contributed by atoms with E-state index in [4.69, 9.17) is 16.7 Å². The molecular formula is C8H4ClNO3. The highest BCUT2D eigenvalue weighted by molar-refractivity contribution is 6.33. The van der Waals surface area contributed by atoms with E-state index in [0.29, 0.717) is 0 Å². The van der Waals surface area contributed by atoms with Gasteiger partial charge < -0.3 is 5.11 Å². The van der Waals surface area contributed by atoms with Gasteiger partial charge in [-0.1, -0.05) is 11.6 Å². The lowest BCUT2D eigenvalue weighted by molar-refractivity contribution is 0.0697. The summed E-state index contributed by atoms with van der Waals surface area (Å²) in [6.45, 7) is 0. The molecule has 4 nitrogen and oxygen atoms in total. The molecule has 0 spiro atoms. The maximum atomic E-state index is 10.5. The van der Waals surface area contributed by atoms with Gasteiger partial charge in [-0.25, -0.2) is 9.59 Å². The smallest absolute Gasteiger partial charge is 0.335 e. The third-order valence-electron chi connectivity index (χ3n) is 1.36. The zero-order valence-electron chi connectivity index (χ0n) is 6.32. The van der Waals surface area contributed by atoms with E-state index in [9.17, 15) is 9.59 Å². The summed E-state index contributed by atoms with van der Waals surface area (Å²) < 4.78 is 0. The molecule has 0 amide bonds. The van der Waals surface area contributed by atoms with E-state index in [1.807, 2.05) is 0 Å². The molecule has 0 aliphatic heterocycles. The Morgan fingerprint density at radius 3 is 2.69 bits per heavy atom. The van der Waals surface area contributed by atoms with Crippen LogP contribution < -0.4 is 0 Å². The van der Waals surface area contributed by atoms with Crippen LogP contribution in [0.2, 0.25) is 5.02 Å². The van der Waals surface area contributed by atoms with E-state index in [2.05, 4.69) is 4.99 Å². The quantitative estimate of drug-likeness (QED) is 0.583. The summed E-state index contributed by atoms with van der Waals surface area (Å²) in [6.07, 6.45) is 1.32. The number of carboxylic acid groups (broad SMARTS) is 1. The Hall–Kier alpha value is -1.64. The summed E-state index contributed by atoms with van der Waals surface area (Å²) in [6, 6.07) is 3.88. The Labute approximate surface area is 78.5 Å². The fourth-order valence-corrected chi connectivity index (χ4v) is 1.00. The van der Waals surface area contributed by atoms with Crippen molar-refractivity contribution in [2.45, 2.75) is 0 Å². The monoisotopic (exact) mass is 197 g/mol. The van der Waals surface area contributed by atoms with E-state index >= 15 is 0 Å². The molecule has 0 aliphatic carbocycles. The number of nitrogens with zero attached hydrogens (tertiary/aromatic N) is 1. The van der Waals surface area contributed by atoms with Gasteiger partial charge in [-0.3, -0.25) is 0 Å². The van der Waals surface area contributed by atoms with Gasteiger partial charge in [-0.15, -0.1) is 0 Å². The Balaban J connectivity index is 3.19. The number of carbonyl (C=O) groups is 1. The first-order valence-corrected chi connectivity index (χ1v) is 3.63. The average Bonchev–Trinajstić information content (AvgIpc) is 2.08. The number of isocyanates is 1. The van der Waals surface area contributed by atoms with Gasteiger partial charge in [0.15, 0.2) is 0 Å². The highest BCUT2D eigenvalue weighted by Gasteiger charge is 2.05. The second kappa shape index (κ2) is 3.85. The predicted molar refractivity (Wildman–Crippen MR) is 46.2 cm³/mol. The molecule has 1 rings (SSSR count). The van der Waals surface area contributed by atoms with Gasteiger partial charge in [0.25, 0.3) is 0 Å². The SMILES string of the molecule is O=C=Nc1ccc(C(=O)O)cc1Cl. The van der Waals surface area contributed by atoms with Crippen molar-refractivity contribution < 1.29 is 14.7 Å². The topological polar surface area (TPSA) is 66.7 Å². The highest BCUT2D eigenvalue weighted by Crippen LogP contribution is 2.25. The number of rotatable bonds is 2. The molecule has 0 bridgehead atoms. The van der Waals surface area contributed by atoms with Crippen LogP contribution in [0.5, 0.6) is 0 Å². The number of carbonyl (C=O) groups excluding carboxylic acids is 1.